The normalized spacial score (nSPS) is 14.8. The van der Waals surface area contributed by atoms with Crippen molar-refractivity contribution in [3.05, 3.63) is 48.0 Å². The summed E-state index contributed by atoms with van der Waals surface area (Å²) in [5.74, 6) is 0. The number of aliphatic hydroxyl groups excluding tert-OH is 1. The van der Waals surface area contributed by atoms with Crippen LogP contribution in [0.3, 0.4) is 0 Å². The van der Waals surface area contributed by atoms with Crippen LogP contribution >= 0.6 is 0 Å². The number of benzene rings is 2. The summed E-state index contributed by atoms with van der Waals surface area (Å²) in [6.45, 7) is 2.27. The molecule has 2 atom stereocenters. The van der Waals surface area contributed by atoms with Gasteiger partial charge in [-0.1, -0.05) is 42.5 Å². The van der Waals surface area contributed by atoms with Crippen molar-refractivity contribution < 1.29 is 9.84 Å². The predicted molar refractivity (Wildman–Crippen MR) is 78.0 cm³/mol. The maximum atomic E-state index is 10.3. The van der Waals surface area contributed by atoms with E-state index in [1.54, 1.807) is 0 Å². The summed E-state index contributed by atoms with van der Waals surface area (Å²) in [5, 5.41) is 12.5. The topological polar surface area (TPSA) is 32.7 Å². The first-order valence-corrected chi connectivity index (χ1v) is 6.53. The second-order valence-corrected chi connectivity index (χ2v) is 4.98. The molecule has 2 aromatic rings. The standard InChI is InChI=1S/C16H21NO2/c1-12(17(2)3)19-11-16(18)15-10-6-8-13-7-4-5-9-14(13)15/h4-10,12,16,18H,11H2,1-3H3. The lowest BCUT2D eigenvalue weighted by molar-refractivity contribution is -0.0599. The molecular formula is C16H21NO2. The van der Waals surface area contributed by atoms with E-state index in [2.05, 4.69) is 12.1 Å². The van der Waals surface area contributed by atoms with E-state index in [0.717, 1.165) is 16.3 Å². The van der Waals surface area contributed by atoms with E-state index in [9.17, 15) is 5.11 Å². The molecule has 2 aromatic carbocycles. The van der Waals surface area contributed by atoms with Crippen LogP contribution in [0.1, 0.15) is 18.6 Å². The summed E-state index contributed by atoms with van der Waals surface area (Å²) >= 11 is 0. The Kier molecular flexibility index (Phi) is 4.53. The summed E-state index contributed by atoms with van der Waals surface area (Å²) in [4.78, 5) is 1.97. The van der Waals surface area contributed by atoms with Gasteiger partial charge < -0.3 is 9.84 Å². The Morgan fingerprint density at radius 1 is 1.11 bits per heavy atom. The van der Waals surface area contributed by atoms with Crippen LogP contribution in [0.15, 0.2) is 42.5 Å². The molecule has 0 amide bonds. The average Bonchev–Trinajstić information content (AvgIpc) is 2.43. The van der Waals surface area contributed by atoms with Crippen molar-refractivity contribution in [1.29, 1.82) is 0 Å². The Labute approximate surface area is 114 Å². The van der Waals surface area contributed by atoms with Crippen molar-refractivity contribution in [1.82, 2.24) is 4.90 Å². The van der Waals surface area contributed by atoms with Crippen LogP contribution in [0.5, 0.6) is 0 Å². The van der Waals surface area contributed by atoms with E-state index in [1.165, 1.54) is 0 Å². The van der Waals surface area contributed by atoms with E-state index in [0.29, 0.717) is 6.61 Å². The molecule has 2 unspecified atom stereocenters. The molecule has 0 radical (unpaired) electrons. The van der Waals surface area contributed by atoms with Crippen molar-refractivity contribution in [2.24, 2.45) is 0 Å². The Bertz CT molecular complexity index is 534. The molecular weight excluding hydrogens is 238 g/mol. The molecule has 102 valence electrons. The molecule has 0 aliphatic rings. The molecule has 0 aromatic heterocycles. The number of hydrogen-bond donors (Lipinski definition) is 1. The van der Waals surface area contributed by atoms with Crippen molar-refractivity contribution in [3.8, 4) is 0 Å². The number of nitrogens with zero attached hydrogens (tertiary/aromatic N) is 1. The molecule has 0 heterocycles. The van der Waals surface area contributed by atoms with Gasteiger partial charge in [-0.15, -0.1) is 0 Å². The molecule has 0 aliphatic carbocycles. The van der Waals surface area contributed by atoms with E-state index >= 15 is 0 Å². The summed E-state index contributed by atoms with van der Waals surface area (Å²) in [6, 6.07) is 14.0. The minimum atomic E-state index is -0.603. The maximum absolute atomic E-state index is 10.3. The van der Waals surface area contributed by atoms with Gasteiger partial charge in [-0.05, 0) is 37.4 Å². The molecule has 0 bridgehead atoms. The van der Waals surface area contributed by atoms with Crippen molar-refractivity contribution in [3.63, 3.8) is 0 Å². The molecule has 19 heavy (non-hydrogen) atoms. The minimum Gasteiger partial charge on any atom is -0.386 e. The van der Waals surface area contributed by atoms with Gasteiger partial charge in [0.1, 0.15) is 12.3 Å². The van der Waals surface area contributed by atoms with Gasteiger partial charge in [0.15, 0.2) is 0 Å². The quantitative estimate of drug-likeness (QED) is 0.838. The first-order chi connectivity index (χ1) is 9.09. The van der Waals surface area contributed by atoms with E-state index < -0.39 is 6.10 Å². The fourth-order valence-electron chi connectivity index (χ4n) is 2.01. The van der Waals surface area contributed by atoms with E-state index in [1.807, 2.05) is 56.3 Å². The van der Waals surface area contributed by atoms with Crippen LogP contribution in [-0.2, 0) is 4.74 Å². The molecule has 1 N–H and O–H groups in total. The van der Waals surface area contributed by atoms with Crippen LogP contribution in [0.25, 0.3) is 10.8 Å². The number of hydrogen-bond acceptors (Lipinski definition) is 3. The molecule has 0 saturated carbocycles. The molecule has 0 aliphatic heterocycles. The highest BCUT2D eigenvalue weighted by atomic mass is 16.5. The minimum absolute atomic E-state index is 0.00961. The Hall–Kier alpha value is -1.42. The first-order valence-electron chi connectivity index (χ1n) is 6.53. The SMILES string of the molecule is CC(OCC(O)c1cccc2ccccc12)N(C)C. The van der Waals surface area contributed by atoms with Crippen LogP contribution in [0.2, 0.25) is 0 Å². The third kappa shape index (κ3) is 3.32. The second kappa shape index (κ2) is 6.15. The Morgan fingerprint density at radius 2 is 1.79 bits per heavy atom. The van der Waals surface area contributed by atoms with Gasteiger partial charge in [0.25, 0.3) is 0 Å². The second-order valence-electron chi connectivity index (χ2n) is 4.98. The number of aliphatic hydroxyl groups is 1. The Morgan fingerprint density at radius 3 is 2.53 bits per heavy atom. The lowest BCUT2D eigenvalue weighted by Crippen LogP contribution is -2.29. The van der Waals surface area contributed by atoms with Crippen LogP contribution in [0.4, 0.5) is 0 Å². The smallest absolute Gasteiger partial charge is 0.107 e. The largest absolute Gasteiger partial charge is 0.386 e. The first kappa shape index (κ1) is 14.0. The van der Waals surface area contributed by atoms with E-state index in [-0.39, 0.29) is 6.23 Å². The summed E-state index contributed by atoms with van der Waals surface area (Å²) < 4.78 is 5.64. The summed E-state index contributed by atoms with van der Waals surface area (Å²) in [6.07, 6.45) is -0.613. The van der Waals surface area contributed by atoms with Crippen LogP contribution in [-0.4, -0.2) is 36.9 Å². The number of ether oxygens (including phenoxy) is 1. The molecule has 0 spiro atoms. The van der Waals surface area contributed by atoms with Crippen molar-refractivity contribution in [2.45, 2.75) is 19.3 Å². The third-order valence-electron chi connectivity index (χ3n) is 3.40. The maximum Gasteiger partial charge on any atom is 0.107 e. The lowest BCUT2D eigenvalue weighted by atomic mass is 10.0. The van der Waals surface area contributed by atoms with Crippen LogP contribution < -0.4 is 0 Å². The monoisotopic (exact) mass is 259 g/mol. The number of fused-ring (bicyclic) bond motifs is 1. The highest BCUT2D eigenvalue weighted by molar-refractivity contribution is 5.85. The molecule has 0 fully saturated rings. The molecule has 3 heteroatoms. The fraction of sp³-hybridized carbons (Fsp3) is 0.375. The Balaban J connectivity index is 2.15. The molecule has 3 nitrogen and oxygen atoms in total. The van der Waals surface area contributed by atoms with E-state index in [4.69, 9.17) is 4.74 Å². The van der Waals surface area contributed by atoms with Gasteiger partial charge in [0, 0.05) is 0 Å². The van der Waals surface area contributed by atoms with Gasteiger partial charge in [0.05, 0.1) is 6.61 Å². The van der Waals surface area contributed by atoms with Gasteiger partial charge >= 0.3 is 0 Å². The predicted octanol–water partition coefficient (Wildman–Crippen LogP) is 2.80. The highest BCUT2D eigenvalue weighted by Crippen LogP contribution is 2.24. The molecule has 0 saturated heterocycles. The number of rotatable bonds is 5. The zero-order valence-electron chi connectivity index (χ0n) is 11.7. The van der Waals surface area contributed by atoms with Crippen LogP contribution in [0, 0.1) is 0 Å². The average molecular weight is 259 g/mol. The van der Waals surface area contributed by atoms with Gasteiger partial charge in [0.2, 0.25) is 0 Å². The van der Waals surface area contributed by atoms with Crippen molar-refractivity contribution in [2.75, 3.05) is 20.7 Å². The van der Waals surface area contributed by atoms with Gasteiger partial charge in [-0.25, -0.2) is 0 Å². The summed E-state index contributed by atoms with van der Waals surface area (Å²) in [5.41, 5.74) is 0.920. The lowest BCUT2D eigenvalue weighted by Gasteiger charge is -2.22. The fourth-order valence-corrected chi connectivity index (χ4v) is 2.01. The van der Waals surface area contributed by atoms with Crippen molar-refractivity contribution >= 4 is 10.8 Å². The zero-order valence-corrected chi connectivity index (χ0v) is 11.7. The molecule has 2 rings (SSSR count). The van der Waals surface area contributed by atoms with Gasteiger partial charge in [-0.2, -0.15) is 0 Å². The third-order valence-corrected chi connectivity index (χ3v) is 3.40. The van der Waals surface area contributed by atoms with Gasteiger partial charge in [-0.3, -0.25) is 4.90 Å². The highest BCUT2D eigenvalue weighted by Gasteiger charge is 2.13. The summed E-state index contributed by atoms with van der Waals surface area (Å²) in [7, 11) is 3.91. The zero-order chi connectivity index (χ0) is 13.8.